The van der Waals surface area contributed by atoms with Gasteiger partial charge in [0.2, 0.25) is 5.60 Å². The summed E-state index contributed by atoms with van der Waals surface area (Å²) in [4.78, 5) is 24.1. The van der Waals surface area contributed by atoms with Gasteiger partial charge >= 0.3 is 12.1 Å². The Morgan fingerprint density at radius 1 is 1.19 bits per heavy atom. The van der Waals surface area contributed by atoms with Crippen molar-refractivity contribution in [2.75, 3.05) is 5.32 Å². The molecule has 0 saturated carbocycles. The SMILES string of the molecule is CC(C)(CC(O)(C(=O)Nc1ccc2c(c1)COC2=O)C(F)(F)F)c1cc(F)ccc1Br. The standard InChI is InChI=1S/C21H18BrF4NO4/c1-19(2,15-8-12(23)3-6-16(15)22)10-20(30,21(24,25)26)18(29)27-13-4-5-14-11(7-13)9-31-17(14)28/h3-8,30H,9-10H2,1-2H3,(H,27,29). The topological polar surface area (TPSA) is 75.6 Å². The molecule has 3 rings (SSSR count). The van der Waals surface area contributed by atoms with Crippen molar-refractivity contribution >= 4 is 33.5 Å². The molecular formula is C21H18BrF4NO4. The summed E-state index contributed by atoms with van der Waals surface area (Å²) >= 11 is 3.18. The quantitative estimate of drug-likeness (QED) is 0.451. The van der Waals surface area contributed by atoms with Gasteiger partial charge in [-0.2, -0.15) is 13.2 Å². The molecule has 5 nitrogen and oxygen atoms in total. The third-order valence-electron chi connectivity index (χ3n) is 5.14. The summed E-state index contributed by atoms with van der Waals surface area (Å²) in [6.07, 6.45) is -6.38. The van der Waals surface area contributed by atoms with Crippen molar-refractivity contribution in [3.63, 3.8) is 0 Å². The molecule has 2 aromatic carbocycles. The fraction of sp³-hybridized carbons (Fsp3) is 0.333. The van der Waals surface area contributed by atoms with Gasteiger partial charge in [-0.25, -0.2) is 9.18 Å². The van der Waals surface area contributed by atoms with Crippen molar-refractivity contribution < 1.29 is 37.0 Å². The number of esters is 1. The number of ether oxygens (including phenoxy) is 1. The average Bonchev–Trinajstić information content (AvgIpc) is 3.02. The second-order valence-electron chi connectivity index (χ2n) is 7.95. The van der Waals surface area contributed by atoms with E-state index >= 15 is 0 Å². The largest absolute Gasteiger partial charge is 0.457 e. The van der Waals surface area contributed by atoms with Crippen LogP contribution in [0.25, 0.3) is 0 Å². The van der Waals surface area contributed by atoms with Crippen molar-refractivity contribution in [1.29, 1.82) is 0 Å². The number of nitrogens with one attached hydrogen (secondary N) is 1. The normalized spacial score (nSPS) is 15.8. The number of fused-ring (bicyclic) bond motifs is 1. The molecule has 31 heavy (non-hydrogen) atoms. The molecule has 166 valence electrons. The number of halogens is 5. The fourth-order valence-corrected chi connectivity index (χ4v) is 4.29. The molecule has 0 fully saturated rings. The Morgan fingerprint density at radius 2 is 1.87 bits per heavy atom. The maximum absolute atomic E-state index is 13.9. The molecule has 0 radical (unpaired) electrons. The van der Waals surface area contributed by atoms with E-state index in [4.69, 9.17) is 4.74 Å². The molecule has 1 unspecified atom stereocenters. The third kappa shape index (κ3) is 4.45. The van der Waals surface area contributed by atoms with Gasteiger partial charge in [-0.05, 0) is 47.4 Å². The zero-order chi connectivity index (χ0) is 23.2. The molecule has 0 aliphatic carbocycles. The molecule has 1 atom stereocenters. The Hall–Kier alpha value is -2.46. The van der Waals surface area contributed by atoms with Crippen LogP contribution in [0.4, 0.5) is 23.2 Å². The van der Waals surface area contributed by atoms with Crippen LogP contribution in [0.5, 0.6) is 0 Å². The van der Waals surface area contributed by atoms with Gasteiger partial charge in [0, 0.05) is 22.1 Å². The predicted octanol–water partition coefficient (Wildman–Crippen LogP) is 4.86. The first-order valence-electron chi connectivity index (χ1n) is 9.11. The second-order valence-corrected chi connectivity index (χ2v) is 8.80. The van der Waals surface area contributed by atoms with Crippen LogP contribution in [0.2, 0.25) is 0 Å². The summed E-state index contributed by atoms with van der Waals surface area (Å²) in [7, 11) is 0. The maximum atomic E-state index is 13.9. The Kier molecular flexibility index (Phi) is 5.92. The van der Waals surface area contributed by atoms with E-state index in [1.54, 1.807) is 0 Å². The minimum atomic E-state index is -5.32. The lowest BCUT2D eigenvalue weighted by molar-refractivity contribution is -0.254. The van der Waals surface area contributed by atoms with Gasteiger partial charge in [-0.1, -0.05) is 29.8 Å². The Morgan fingerprint density at radius 3 is 2.52 bits per heavy atom. The maximum Gasteiger partial charge on any atom is 0.426 e. The summed E-state index contributed by atoms with van der Waals surface area (Å²) in [5, 5.41) is 12.6. The number of aliphatic hydroxyl groups is 1. The van der Waals surface area contributed by atoms with Gasteiger partial charge in [0.05, 0.1) is 5.56 Å². The van der Waals surface area contributed by atoms with E-state index in [0.29, 0.717) is 10.0 Å². The number of hydrogen-bond donors (Lipinski definition) is 2. The Bertz CT molecular complexity index is 1050. The number of hydrogen-bond acceptors (Lipinski definition) is 4. The first-order chi connectivity index (χ1) is 14.2. The highest BCUT2D eigenvalue weighted by Gasteiger charge is 2.61. The van der Waals surface area contributed by atoms with Gasteiger partial charge < -0.3 is 15.2 Å². The fourth-order valence-electron chi connectivity index (χ4n) is 3.51. The summed E-state index contributed by atoms with van der Waals surface area (Å²) in [6, 6.07) is 7.40. The highest BCUT2D eigenvalue weighted by molar-refractivity contribution is 9.10. The first kappa shape index (κ1) is 23.2. The lowest BCUT2D eigenvalue weighted by Crippen LogP contribution is -2.57. The van der Waals surface area contributed by atoms with Crippen molar-refractivity contribution in [2.24, 2.45) is 0 Å². The van der Waals surface area contributed by atoms with Crippen LogP contribution in [0.1, 0.15) is 41.8 Å². The molecule has 0 bridgehead atoms. The van der Waals surface area contributed by atoms with Crippen molar-refractivity contribution in [2.45, 2.75) is 44.1 Å². The van der Waals surface area contributed by atoms with Gasteiger partial charge in [0.25, 0.3) is 5.91 Å². The molecule has 10 heteroatoms. The number of carbonyl (C=O) groups excluding carboxylic acids is 2. The number of benzene rings is 2. The van der Waals surface area contributed by atoms with Gasteiger partial charge in [0.15, 0.2) is 0 Å². The molecule has 1 amide bonds. The van der Waals surface area contributed by atoms with Crippen LogP contribution in [0.15, 0.2) is 40.9 Å². The van der Waals surface area contributed by atoms with E-state index in [1.165, 1.54) is 38.1 Å². The molecule has 1 heterocycles. The number of amides is 1. The number of rotatable bonds is 5. The number of carbonyl (C=O) groups is 2. The summed E-state index contributed by atoms with van der Waals surface area (Å²) in [5.74, 6) is -2.92. The Labute approximate surface area is 183 Å². The second kappa shape index (κ2) is 7.90. The molecule has 1 aliphatic rings. The van der Waals surface area contributed by atoms with Crippen LogP contribution < -0.4 is 5.32 Å². The van der Waals surface area contributed by atoms with E-state index in [9.17, 15) is 32.3 Å². The molecule has 1 aliphatic heterocycles. The minimum absolute atomic E-state index is 0.0329. The number of anilines is 1. The molecule has 0 spiro atoms. The number of cyclic esters (lactones) is 1. The highest BCUT2D eigenvalue weighted by atomic mass is 79.9. The molecule has 2 N–H and O–H groups in total. The summed E-state index contributed by atoms with van der Waals surface area (Å²) < 4.78 is 60.6. The van der Waals surface area contributed by atoms with E-state index in [1.807, 2.05) is 0 Å². The third-order valence-corrected chi connectivity index (χ3v) is 5.83. The lowest BCUT2D eigenvalue weighted by Gasteiger charge is -2.37. The van der Waals surface area contributed by atoms with Crippen LogP contribution in [0, 0.1) is 5.82 Å². The van der Waals surface area contributed by atoms with E-state index in [-0.39, 0.29) is 23.4 Å². The van der Waals surface area contributed by atoms with Crippen LogP contribution in [-0.4, -0.2) is 28.8 Å². The van der Waals surface area contributed by atoms with Crippen LogP contribution in [-0.2, 0) is 21.6 Å². The van der Waals surface area contributed by atoms with E-state index in [0.717, 1.165) is 12.1 Å². The van der Waals surface area contributed by atoms with Crippen molar-refractivity contribution in [3.05, 3.63) is 63.4 Å². The van der Waals surface area contributed by atoms with Gasteiger partial charge in [0.1, 0.15) is 12.4 Å². The zero-order valence-corrected chi connectivity index (χ0v) is 18.0. The summed E-state index contributed by atoms with van der Waals surface area (Å²) in [5.41, 5.74) is -4.43. The number of alkyl halides is 3. The first-order valence-corrected chi connectivity index (χ1v) is 9.90. The monoisotopic (exact) mass is 503 g/mol. The average molecular weight is 504 g/mol. The minimum Gasteiger partial charge on any atom is -0.457 e. The van der Waals surface area contributed by atoms with Crippen LogP contribution >= 0.6 is 15.9 Å². The highest BCUT2D eigenvalue weighted by Crippen LogP contribution is 2.43. The van der Waals surface area contributed by atoms with Crippen molar-refractivity contribution in [3.8, 4) is 0 Å². The molecular weight excluding hydrogens is 486 g/mol. The molecule has 2 aromatic rings. The molecule has 0 saturated heterocycles. The lowest BCUT2D eigenvalue weighted by atomic mass is 9.74. The van der Waals surface area contributed by atoms with Crippen molar-refractivity contribution in [1.82, 2.24) is 0 Å². The smallest absolute Gasteiger partial charge is 0.426 e. The Balaban J connectivity index is 1.92. The van der Waals surface area contributed by atoms with Crippen LogP contribution in [0.3, 0.4) is 0 Å². The van der Waals surface area contributed by atoms with Gasteiger partial charge in [-0.15, -0.1) is 0 Å². The van der Waals surface area contributed by atoms with E-state index < -0.39 is 41.3 Å². The summed E-state index contributed by atoms with van der Waals surface area (Å²) in [6.45, 7) is 2.67. The van der Waals surface area contributed by atoms with Gasteiger partial charge in [-0.3, -0.25) is 4.79 Å². The van der Waals surface area contributed by atoms with E-state index in [2.05, 4.69) is 21.2 Å². The zero-order valence-electron chi connectivity index (χ0n) is 16.4. The molecule has 0 aromatic heterocycles. The predicted molar refractivity (Wildman–Crippen MR) is 107 cm³/mol.